The van der Waals surface area contributed by atoms with Gasteiger partial charge < -0.3 is 15.4 Å². The van der Waals surface area contributed by atoms with Crippen LogP contribution in [0.1, 0.15) is 37.0 Å². The average Bonchev–Trinajstić information content (AvgIpc) is 2.61. The third kappa shape index (κ3) is 8.39. The monoisotopic (exact) mass is 377 g/mol. The Morgan fingerprint density at radius 3 is 2.42 bits per heavy atom. The van der Waals surface area contributed by atoms with Gasteiger partial charge in [-0.2, -0.15) is 0 Å². The zero-order valence-electron chi connectivity index (χ0n) is 14.8. The molecule has 0 spiro atoms. The van der Waals surface area contributed by atoms with Crippen molar-refractivity contribution in [3.8, 4) is 0 Å². The fourth-order valence-corrected chi connectivity index (χ4v) is 2.05. The molecule has 0 heterocycles. The fraction of sp³-hybridized carbons (Fsp3) is 0.333. The molecule has 0 fully saturated rings. The maximum atomic E-state index is 11.9. The summed E-state index contributed by atoms with van der Waals surface area (Å²) in [6.07, 6.45) is 4.01. The van der Waals surface area contributed by atoms with E-state index in [-0.39, 0.29) is 17.6 Å². The number of unbranched alkanes of at least 4 members (excludes halogenated alkanes) is 1. The van der Waals surface area contributed by atoms with Crippen molar-refractivity contribution in [1.82, 2.24) is 10.6 Å². The van der Waals surface area contributed by atoms with E-state index in [9.17, 15) is 14.4 Å². The third-order valence-corrected chi connectivity index (χ3v) is 3.32. The summed E-state index contributed by atoms with van der Waals surface area (Å²) in [7, 11) is 0. The van der Waals surface area contributed by atoms with E-state index in [1.54, 1.807) is 31.2 Å². The van der Waals surface area contributed by atoms with E-state index in [1.807, 2.05) is 0 Å². The molecule has 1 aromatic carbocycles. The van der Waals surface area contributed by atoms with Gasteiger partial charge in [0.25, 0.3) is 5.91 Å². The summed E-state index contributed by atoms with van der Waals surface area (Å²) in [4.78, 5) is 34.7. The number of benzene rings is 1. The number of esters is 1. The van der Waals surface area contributed by atoms with Gasteiger partial charge >= 0.3 is 5.97 Å². The maximum absolute atomic E-state index is 11.9. The lowest BCUT2D eigenvalue weighted by Gasteiger charge is -2.09. The minimum Gasteiger partial charge on any atom is -0.463 e. The maximum Gasteiger partial charge on any atom is 0.330 e. The van der Waals surface area contributed by atoms with E-state index in [0.717, 1.165) is 25.0 Å². The minimum absolute atomic E-state index is 0.0728. The molecule has 0 aliphatic heterocycles. The minimum atomic E-state index is -0.602. The van der Waals surface area contributed by atoms with Crippen LogP contribution in [0.25, 0.3) is 0 Å². The Morgan fingerprint density at radius 1 is 1.12 bits per heavy atom. The van der Waals surface area contributed by atoms with Gasteiger partial charge in [-0.3, -0.25) is 14.9 Å². The van der Waals surface area contributed by atoms with Crippen molar-refractivity contribution in [2.75, 3.05) is 18.5 Å². The van der Waals surface area contributed by atoms with Crippen LogP contribution in [0.2, 0.25) is 0 Å². The Bertz CT molecular complexity index is 672. The molecule has 0 unspecified atom stereocenters. The summed E-state index contributed by atoms with van der Waals surface area (Å²) in [6, 6.07) is 6.69. The number of carbonyl (C=O) groups excluding carboxylic acids is 3. The molecular formula is C18H23N3O4S. The van der Waals surface area contributed by atoms with Crippen LogP contribution in [0.5, 0.6) is 0 Å². The molecule has 0 saturated heterocycles. The van der Waals surface area contributed by atoms with Gasteiger partial charge in [-0.05, 0) is 49.8 Å². The number of carbonyl (C=O) groups is 3. The molecule has 1 rings (SSSR count). The molecule has 26 heavy (non-hydrogen) atoms. The molecule has 0 bridgehead atoms. The zero-order chi connectivity index (χ0) is 19.4. The average molecular weight is 377 g/mol. The third-order valence-electron chi connectivity index (χ3n) is 3.11. The second-order valence-corrected chi connectivity index (χ2v) is 5.62. The Morgan fingerprint density at radius 2 is 1.81 bits per heavy atom. The molecule has 0 saturated carbocycles. The first-order valence-corrected chi connectivity index (χ1v) is 8.72. The van der Waals surface area contributed by atoms with Crippen molar-refractivity contribution >= 4 is 40.8 Å². The summed E-state index contributed by atoms with van der Waals surface area (Å²) in [6.45, 7) is 4.61. The Kier molecular flexibility index (Phi) is 9.63. The number of hydrogen-bond donors (Lipinski definition) is 3. The number of ether oxygens (including phenoxy) is 1. The number of nitrogens with one attached hydrogen (secondary N) is 3. The SMILES string of the molecule is CCCCNC(=O)c1ccc(NC(=S)NC(=O)/C=C/C(=O)OCC)cc1. The molecule has 0 atom stereocenters. The zero-order valence-corrected chi connectivity index (χ0v) is 15.7. The number of anilines is 1. The quantitative estimate of drug-likeness (QED) is 0.278. The molecule has 140 valence electrons. The lowest BCUT2D eigenvalue weighted by molar-refractivity contribution is -0.137. The topological polar surface area (TPSA) is 96.5 Å². The molecule has 1 aromatic rings. The smallest absolute Gasteiger partial charge is 0.330 e. The lowest BCUT2D eigenvalue weighted by atomic mass is 10.2. The van der Waals surface area contributed by atoms with Crippen LogP contribution in [0.4, 0.5) is 5.69 Å². The van der Waals surface area contributed by atoms with Gasteiger partial charge in [-0.25, -0.2) is 4.79 Å². The van der Waals surface area contributed by atoms with E-state index < -0.39 is 11.9 Å². The highest BCUT2D eigenvalue weighted by Crippen LogP contribution is 2.09. The predicted molar refractivity (Wildman–Crippen MR) is 104 cm³/mol. The van der Waals surface area contributed by atoms with Crippen LogP contribution < -0.4 is 16.0 Å². The molecule has 3 N–H and O–H groups in total. The molecule has 0 aliphatic carbocycles. The van der Waals surface area contributed by atoms with Crippen molar-refractivity contribution in [1.29, 1.82) is 0 Å². The summed E-state index contributed by atoms with van der Waals surface area (Å²) < 4.78 is 4.67. The van der Waals surface area contributed by atoms with E-state index in [4.69, 9.17) is 12.2 Å². The summed E-state index contributed by atoms with van der Waals surface area (Å²) in [5, 5.41) is 8.13. The highest BCUT2D eigenvalue weighted by atomic mass is 32.1. The summed E-state index contributed by atoms with van der Waals surface area (Å²) in [5.74, 6) is -1.29. The molecule has 7 nitrogen and oxygen atoms in total. The molecule has 0 radical (unpaired) electrons. The summed E-state index contributed by atoms with van der Waals surface area (Å²) in [5.41, 5.74) is 1.16. The van der Waals surface area contributed by atoms with Crippen LogP contribution in [0, 0.1) is 0 Å². The van der Waals surface area contributed by atoms with E-state index in [2.05, 4.69) is 27.6 Å². The molecule has 0 aliphatic rings. The van der Waals surface area contributed by atoms with Crippen molar-refractivity contribution < 1.29 is 19.1 Å². The first-order valence-electron chi connectivity index (χ1n) is 8.31. The number of amides is 2. The van der Waals surface area contributed by atoms with E-state index in [1.165, 1.54) is 0 Å². The standard InChI is InChI=1S/C18H23N3O4S/c1-3-5-12-19-17(24)13-6-8-14(9-7-13)20-18(26)21-15(22)10-11-16(23)25-4-2/h6-11H,3-5,12H2,1-2H3,(H,19,24)(H2,20,21,22,26)/b11-10+. The van der Waals surface area contributed by atoms with E-state index >= 15 is 0 Å². The number of hydrogen-bond acceptors (Lipinski definition) is 5. The van der Waals surface area contributed by atoms with Gasteiger partial charge in [0.1, 0.15) is 0 Å². The van der Waals surface area contributed by atoms with Gasteiger partial charge in [0, 0.05) is 29.9 Å². The Balaban J connectivity index is 2.48. The van der Waals surface area contributed by atoms with Gasteiger partial charge in [0.15, 0.2) is 5.11 Å². The highest BCUT2D eigenvalue weighted by Gasteiger charge is 2.06. The molecule has 2 amide bonds. The van der Waals surface area contributed by atoms with Gasteiger partial charge in [-0.1, -0.05) is 13.3 Å². The van der Waals surface area contributed by atoms with Gasteiger partial charge in [0.05, 0.1) is 6.61 Å². The van der Waals surface area contributed by atoms with Crippen molar-refractivity contribution in [2.45, 2.75) is 26.7 Å². The second kappa shape index (κ2) is 11.8. The predicted octanol–water partition coefficient (Wildman–Crippen LogP) is 2.15. The van der Waals surface area contributed by atoms with E-state index in [0.29, 0.717) is 17.8 Å². The molecular weight excluding hydrogens is 354 g/mol. The first kappa shape index (κ1) is 21.3. The largest absolute Gasteiger partial charge is 0.463 e. The number of thiocarbonyl (C=S) groups is 1. The van der Waals surface area contributed by atoms with Gasteiger partial charge in [0.2, 0.25) is 5.91 Å². The summed E-state index contributed by atoms with van der Waals surface area (Å²) >= 11 is 5.03. The van der Waals surface area contributed by atoms with Gasteiger partial charge in [-0.15, -0.1) is 0 Å². The molecule has 8 heteroatoms. The van der Waals surface area contributed by atoms with Crippen molar-refractivity contribution in [3.05, 3.63) is 42.0 Å². The molecule has 0 aromatic heterocycles. The second-order valence-electron chi connectivity index (χ2n) is 5.22. The van der Waals surface area contributed by atoms with Crippen LogP contribution >= 0.6 is 12.2 Å². The van der Waals surface area contributed by atoms with Crippen molar-refractivity contribution in [3.63, 3.8) is 0 Å². The Labute approximate surface area is 158 Å². The lowest BCUT2D eigenvalue weighted by Crippen LogP contribution is -2.33. The normalized spacial score (nSPS) is 10.2. The fourth-order valence-electron chi connectivity index (χ4n) is 1.84. The van der Waals surface area contributed by atoms with Crippen LogP contribution in [0.15, 0.2) is 36.4 Å². The Hall–Kier alpha value is -2.74. The first-order chi connectivity index (χ1) is 12.5. The number of rotatable bonds is 8. The van der Waals surface area contributed by atoms with Crippen LogP contribution in [-0.2, 0) is 14.3 Å². The van der Waals surface area contributed by atoms with Crippen LogP contribution in [-0.4, -0.2) is 36.0 Å². The van der Waals surface area contributed by atoms with Crippen LogP contribution in [0.3, 0.4) is 0 Å². The van der Waals surface area contributed by atoms with Crippen molar-refractivity contribution in [2.24, 2.45) is 0 Å². The highest BCUT2D eigenvalue weighted by molar-refractivity contribution is 7.80.